The minimum absolute atomic E-state index is 0.0653. The van der Waals surface area contributed by atoms with Crippen molar-refractivity contribution in [2.45, 2.75) is 16.7 Å². The number of ether oxygens (including phenoxy) is 1. The van der Waals surface area contributed by atoms with Crippen LogP contribution in [0.1, 0.15) is 6.92 Å². The number of phenolic OH excluding ortho intramolecular Hbond substituents is 1. The third kappa shape index (κ3) is 5.07. The number of nitrogens with zero attached hydrogens (tertiary/aromatic N) is 2. The molecule has 0 bridgehead atoms. The van der Waals surface area contributed by atoms with Gasteiger partial charge in [0.2, 0.25) is 5.91 Å². The first-order chi connectivity index (χ1) is 15.7. The van der Waals surface area contributed by atoms with Gasteiger partial charge in [-0.25, -0.2) is 0 Å². The lowest BCUT2D eigenvalue weighted by molar-refractivity contribution is -0.114. The van der Waals surface area contributed by atoms with Crippen LogP contribution in [0.2, 0.25) is 0 Å². The second-order valence-corrected chi connectivity index (χ2v) is 9.68. The van der Waals surface area contributed by atoms with E-state index in [4.69, 9.17) is 10.5 Å². The standard InChI is InChI=1S/C19H18N4O9S2/c1-9(24)21-11-4-3-10-5-17(34(29,30)31)18(19(25)12(10)6-11)23-22-14-8-16(33(26,27)28)13(20)7-15(14)32-2/h3-8,25H,20H2,1-2H3,(H,21,24)(H,26,27,28)(H,29,30,31). The lowest BCUT2D eigenvalue weighted by Gasteiger charge is -2.11. The number of amides is 1. The molecular weight excluding hydrogens is 492 g/mol. The van der Waals surface area contributed by atoms with Gasteiger partial charge in [0.15, 0.2) is 5.75 Å². The molecular formula is C19H18N4O9S2. The highest BCUT2D eigenvalue weighted by Gasteiger charge is 2.23. The fraction of sp³-hybridized carbons (Fsp3) is 0.105. The first-order valence-electron chi connectivity index (χ1n) is 9.14. The van der Waals surface area contributed by atoms with Gasteiger partial charge < -0.3 is 20.9 Å². The van der Waals surface area contributed by atoms with Gasteiger partial charge in [0.1, 0.15) is 26.9 Å². The van der Waals surface area contributed by atoms with Crippen LogP contribution in [0.15, 0.2) is 56.4 Å². The van der Waals surface area contributed by atoms with E-state index in [1.807, 2.05) is 0 Å². The van der Waals surface area contributed by atoms with Gasteiger partial charge in [-0.3, -0.25) is 13.9 Å². The molecule has 3 aromatic carbocycles. The van der Waals surface area contributed by atoms with Crippen molar-refractivity contribution in [2.24, 2.45) is 10.2 Å². The Morgan fingerprint density at radius 1 is 1.00 bits per heavy atom. The van der Waals surface area contributed by atoms with E-state index in [-0.39, 0.29) is 33.6 Å². The third-order valence-electron chi connectivity index (χ3n) is 4.50. The van der Waals surface area contributed by atoms with Crippen LogP contribution in [0.25, 0.3) is 10.8 Å². The molecule has 0 aromatic heterocycles. The summed E-state index contributed by atoms with van der Waals surface area (Å²) < 4.78 is 71.1. The number of benzene rings is 3. The average molecular weight is 511 g/mol. The predicted octanol–water partition coefficient (Wildman–Crippen LogP) is 3.00. The largest absolute Gasteiger partial charge is 0.505 e. The van der Waals surface area contributed by atoms with E-state index in [1.165, 1.54) is 32.2 Å². The van der Waals surface area contributed by atoms with Crippen molar-refractivity contribution in [2.75, 3.05) is 18.2 Å². The molecule has 0 fully saturated rings. The summed E-state index contributed by atoms with van der Waals surface area (Å²) in [4.78, 5) is 9.83. The summed E-state index contributed by atoms with van der Waals surface area (Å²) in [5, 5.41) is 21.0. The van der Waals surface area contributed by atoms with Crippen molar-refractivity contribution in [3.8, 4) is 11.5 Å². The van der Waals surface area contributed by atoms with E-state index in [0.717, 1.165) is 18.2 Å². The highest BCUT2D eigenvalue weighted by atomic mass is 32.2. The second kappa shape index (κ2) is 8.86. The van der Waals surface area contributed by atoms with Crippen LogP contribution >= 0.6 is 0 Å². The van der Waals surface area contributed by atoms with Gasteiger partial charge in [-0.2, -0.15) is 16.8 Å². The molecule has 0 atom stereocenters. The lowest BCUT2D eigenvalue weighted by Crippen LogP contribution is -2.05. The monoisotopic (exact) mass is 510 g/mol. The number of nitrogens with one attached hydrogen (secondary N) is 1. The van der Waals surface area contributed by atoms with Crippen molar-refractivity contribution < 1.29 is 40.6 Å². The molecule has 3 aromatic rings. The number of methoxy groups -OCH3 is 1. The summed E-state index contributed by atoms with van der Waals surface area (Å²) in [5.74, 6) is -1.18. The molecule has 0 aliphatic rings. The summed E-state index contributed by atoms with van der Waals surface area (Å²) in [6.45, 7) is 1.27. The number of anilines is 2. The number of nitrogen functional groups attached to an aromatic ring is 1. The first kappa shape index (κ1) is 24.8. The Kier molecular flexibility index (Phi) is 6.48. The first-order valence-corrected chi connectivity index (χ1v) is 12.0. The quantitative estimate of drug-likeness (QED) is 0.185. The second-order valence-electron chi connectivity index (χ2n) is 6.90. The molecule has 0 heterocycles. The molecule has 0 aliphatic carbocycles. The average Bonchev–Trinajstić information content (AvgIpc) is 2.71. The number of fused-ring (bicyclic) bond motifs is 1. The minimum Gasteiger partial charge on any atom is -0.505 e. The Bertz CT molecular complexity index is 1570. The van der Waals surface area contributed by atoms with E-state index in [1.54, 1.807) is 0 Å². The van der Waals surface area contributed by atoms with Crippen LogP contribution in [0.4, 0.5) is 22.7 Å². The van der Waals surface area contributed by atoms with Gasteiger partial charge in [0, 0.05) is 24.1 Å². The van der Waals surface area contributed by atoms with E-state index in [0.29, 0.717) is 0 Å². The lowest BCUT2D eigenvalue weighted by atomic mass is 10.1. The molecule has 180 valence electrons. The zero-order valence-corrected chi connectivity index (χ0v) is 19.2. The number of carbonyl (C=O) groups is 1. The third-order valence-corrected chi connectivity index (χ3v) is 6.27. The molecule has 13 nitrogen and oxygen atoms in total. The maximum Gasteiger partial charge on any atom is 0.296 e. The Labute approximate surface area is 193 Å². The summed E-state index contributed by atoms with van der Waals surface area (Å²) in [6.07, 6.45) is 0. The van der Waals surface area contributed by atoms with E-state index in [9.17, 15) is 35.8 Å². The van der Waals surface area contributed by atoms with Crippen LogP contribution in [-0.4, -0.2) is 44.1 Å². The summed E-state index contributed by atoms with van der Waals surface area (Å²) >= 11 is 0. The van der Waals surface area contributed by atoms with Crippen LogP contribution in [0, 0.1) is 0 Å². The molecule has 0 spiro atoms. The number of hydrogen-bond acceptors (Lipinski definition) is 10. The molecule has 34 heavy (non-hydrogen) atoms. The topological polar surface area (TPSA) is 218 Å². The van der Waals surface area contributed by atoms with Gasteiger partial charge in [0.25, 0.3) is 20.2 Å². The summed E-state index contributed by atoms with van der Waals surface area (Å²) in [7, 11) is -8.44. The molecule has 0 radical (unpaired) electrons. The van der Waals surface area contributed by atoms with Gasteiger partial charge in [-0.1, -0.05) is 6.07 Å². The van der Waals surface area contributed by atoms with Crippen LogP contribution in [0.5, 0.6) is 11.5 Å². The molecule has 3 rings (SSSR count). The highest BCUT2D eigenvalue weighted by Crippen LogP contribution is 2.43. The Morgan fingerprint density at radius 3 is 2.21 bits per heavy atom. The normalized spacial score (nSPS) is 12.2. The van der Waals surface area contributed by atoms with Crippen molar-refractivity contribution >= 4 is 59.7 Å². The molecule has 0 saturated carbocycles. The van der Waals surface area contributed by atoms with Gasteiger partial charge in [-0.15, -0.1) is 10.2 Å². The summed E-state index contributed by atoms with van der Waals surface area (Å²) in [5.41, 5.74) is 4.57. The Balaban J connectivity index is 2.28. The van der Waals surface area contributed by atoms with Gasteiger partial charge in [-0.05, 0) is 29.7 Å². The highest BCUT2D eigenvalue weighted by molar-refractivity contribution is 7.86. The maximum absolute atomic E-state index is 12.0. The fourth-order valence-corrected chi connectivity index (χ4v) is 4.32. The molecule has 15 heteroatoms. The molecule has 0 aliphatic heterocycles. The molecule has 1 amide bonds. The number of phenols is 1. The number of rotatable bonds is 6. The number of nitrogens with two attached hydrogens (primary N) is 1. The number of hydrogen-bond donors (Lipinski definition) is 5. The van der Waals surface area contributed by atoms with Crippen molar-refractivity contribution in [3.05, 3.63) is 36.4 Å². The van der Waals surface area contributed by atoms with Crippen LogP contribution < -0.4 is 15.8 Å². The Hall–Kier alpha value is -3.79. The molecule has 6 N–H and O–H groups in total. The smallest absolute Gasteiger partial charge is 0.296 e. The Morgan fingerprint density at radius 2 is 1.65 bits per heavy atom. The van der Waals surface area contributed by atoms with Crippen LogP contribution in [0.3, 0.4) is 0 Å². The molecule has 0 saturated heterocycles. The SMILES string of the molecule is COc1cc(N)c(S(=O)(=O)O)cc1N=Nc1c(S(=O)(=O)O)cc2ccc(NC(C)=O)cc2c1O. The number of azo groups is 1. The minimum atomic E-state index is -4.91. The van der Waals surface area contributed by atoms with Crippen molar-refractivity contribution in [1.82, 2.24) is 0 Å². The zero-order chi connectivity index (χ0) is 25.4. The van der Waals surface area contributed by atoms with Crippen molar-refractivity contribution in [3.63, 3.8) is 0 Å². The van der Waals surface area contributed by atoms with Crippen molar-refractivity contribution in [1.29, 1.82) is 0 Å². The zero-order valence-electron chi connectivity index (χ0n) is 17.5. The summed E-state index contributed by atoms with van der Waals surface area (Å²) in [6, 6.07) is 7.10. The van der Waals surface area contributed by atoms with Gasteiger partial charge >= 0.3 is 0 Å². The van der Waals surface area contributed by atoms with Crippen LogP contribution in [-0.2, 0) is 25.0 Å². The number of aromatic hydroxyl groups is 1. The number of carbonyl (C=O) groups excluding carboxylic acids is 1. The maximum atomic E-state index is 12.0. The van der Waals surface area contributed by atoms with E-state index < -0.39 is 47.4 Å². The van der Waals surface area contributed by atoms with E-state index in [2.05, 4.69) is 15.5 Å². The fourth-order valence-electron chi connectivity index (χ4n) is 3.05. The van der Waals surface area contributed by atoms with Gasteiger partial charge in [0.05, 0.1) is 12.8 Å². The predicted molar refractivity (Wildman–Crippen MR) is 121 cm³/mol. The molecule has 0 unspecified atom stereocenters. The van der Waals surface area contributed by atoms with E-state index >= 15 is 0 Å².